The zero-order chi connectivity index (χ0) is 10.5. The lowest BCUT2D eigenvalue weighted by Crippen LogP contribution is -2.34. The molecule has 0 spiro atoms. The fourth-order valence-electron chi connectivity index (χ4n) is 1.36. The second-order valence-corrected chi connectivity index (χ2v) is 3.61. The molecule has 1 fully saturated rings. The first kappa shape index (κ1) is 10.6. The lowest BCUT2D eigenvalue weighted by molar-refractivity contribution is 0.0503. The first-order valence-electron chi connectivity index (χ1n) is 4.85. The zero-order valence-electron chi connectivity index (χ0n) is 8.19. The summed E-state index contributed by atoms with van der Waals surface area (Å²) < 4.78 is 0. The smallest absolute Gasteiger partial charge is 0.150 e. The molecule has 80 valence electrons. The average molecular weight is 225 g/mol. The Balaban J connectivity index is 1.90. The predicted molar refractivity (Wildman–Crippen MR) is 61.1 cm³/mol. The number of nitrogens with one attached hydrogen (secondary N) is 2. The fraction of sp³-hybridized carbons (Fsp3) is 0.273. The molecule has 1 heterocycles. The third-order valence-corrected chi connectivity index (χ3v) is 2.43. The van der Waals surface area contributed by atoms with Crippen LogP contribution in [-0.2, 0) is 4.84 Å². The van der Waals surface area contributed by atoms with Crippen LogP contribution in [0.3, 0.4) is 0 Å². The van der Waals surface area contributed by atoms with E-state index in [4.69, 9.17) is 16.4 Å². The Hall–Kier alpha value is -0.870. The lowest BCUT2D eigenvalue weighted by atomic mass is 10.2. The number of hydrogen-bond donors (Lipinski definition) is 2. The molecule has 0 aromatic heterocycles. The highest BCUT2D eigenvalue weighted by molar-refractivity contribution is 6.18. The van der Waals surface area contributed by atoms with Crippen LogP contribution in [0.15, 0.2) is 36.4 Å². The van der Waals surface area contributed by atoms with Crippen molar-refractivity contribution < 1.29 is 4.84 Å². The summed E-state index contributed by atoms with van der Waals surface area (Å²) in [5, 5.41) is 3.16. The molecule has 3 nitrogen and oxygen atoms in total. The topological polar surface area (TPSA) is 33.3 Å². The quantitative estimate of drug-likeness (QED) is 0.767. The highest BCUT2D eigenvalue weighted by atomic mass is 35.5. The van der Waals surface area contributed by atoms with Crippen molar-refractivity contribution in [2.75, 3.05) is 5.88 Å². The molecular weight excluding hydrogens is 212 g/mol. The van der Waals surface area contributed by atoms with Crippen LogP contribution in [0.1, 0.15) is 5.56 Å². The van der Waals surface area contributed by atoms with Crippen LogP contribution in [0.2, 0.25) is 0 Å². The second kappa shape index (κ2) is 5.28. The molecule has 1 aliphatic rings. The Morgan fingerprint density at radius 3 is 2.80 bits per heavy atom. The lowest BCUT2D eigenvalue weighted by Gasteiger charge is -2.02. The van der Waals surface area contributed by atoms with E-state index in [1.807, 2.05) is 42.5 Å². The van der Waals surface area contributed by atoms with Crippen LogP contribution >= 0.6 is 11.6 Å². The monoisotopic (exact) mass is 224 g/mol. The minimum Gasteiger partial charge on any atom is -0.277 e. The molecule has 1 aromatic carbocycles. The van der Waals surface area contributed by atoms with Crippen LogP contribution < -0.4 is 10.8 Å². The highest BCUT2D eigenvalue weighted by Gasteiger charge is 2.20. The Bertz CT molecular complexity index is 329. The Labute approximate surface area is 94.0 Å². The van der Waals surface area contributed by atoms with Crippen molar-refractivity contribution in [1.29, 1.82) is 0 Å². The number of halogens is 1. The third kappa shape index (κ3) is 3.04. The van der Waals surface area contributed by atoms with Gasteiger partial charge in [0.15, 0.2) is 0 Å². The van der Waals surface area contributed by atoms with E-state index >= 15 is 0 Å². The van der Waals surface area contributed by atoms with Gasteiger partial charge in [-0.25, -0.2) is 0 Å². The second-order valence-electron chi connectivity index (χ2n) is 3.30. The number of rotatable bonds is 3. The summed E-state index contributed by atoms with van der Waals surface area (Å²) in [4.78, 5) is 5.25. The molecule has 4 heteroatoms. The van der Waals surface area contributed by atoms with Crippen molar-refractivity contribution in [3.05, 3.63) is 42.0 Å². The standard InChI is InChI=1S/C11H13ClN2O/c12-8-10-13-11(15-14-10)7-6-9-4-2-1-3-5-9/h1-7,10-11,13-14H,8H2/b7-6+. The van der Waals surface area contributed by atoms with Gasteiger partial charge < -0.3 is 0 Å². The first-order valence-corrected chi connectivity index (χ1v) is 5.38. The van der Waals surface area contributed by atoms with Gasteiger partial charge in [-0.2, -0.15) is 5.48 Å². The summed E-state index contributed by atoms with van der Waals surface area (Å²) in [6.45, 7) is 0. The molecule has 0 bridgehead atoms. The van der Waals surface area contributed by atoms with E-state index in [9.17, 15) is 0 Å². The summed E-state index contributed by atoms with van der Waals surface area (Å²) in [5.41, 5.74) is 3.95. The molecule has 1 aromatic rings. The van der Waals surface area contributed by atoms with Crippen LogP contribution in [0, 0.1) is 0 Å². The summed E-state index contributed by atoms with van der Waals surface area (Å²) in [6, 6.07) is 10.1. The minimum absolute atomic E-state index is 0.0251. The van der Waals surface area contributed by atoms with Gasteiger partial charge in [0.2, 0.25) is 0 Å². The van der Waals surface area contributed by atoms with E-state index in [0.717, 1.165) is 5.56 Å². The van der Waals surface area contributed by atoms with Crippen molar-refractivity contribution >= 4 is 17.7 Å². The number of alkyl halides is 1. The molecule has 2 rings (SSSR count). The molecular formula is C11H13ClN2O. The highest BCUT2D eigenvalue weighted by Crippen LogP contribution is 2.05. The third-order valence-electron chi connectivity index (χ3n) is 2.12. The van der Waals surface area contributed by atoms with Crippen molar-refractivity contribution in [3.8, 4) is 0 Å². The molecule has 0 saturated carbocycles. The summed E-state index contributed by atoms with van der Waals surface area (Å²) in [7, 11) is 0. The summed E-state index contributed by atoms with van der Waals surface area (Å²) in [5.74, 6) is 0.482. The van der Waals surface area contributed by atoms with Gasteiger partial charge in [-0.05, 0) is 11.6 Å². The Morgan fingerprint density at radius 2 is 2.13 bits per heavy atom. The molecule has 1 aliphatic heterocycles. The van der Waals surface area contributed by atoms with Crippen LogP contribution in [0.4, 0.5) is 0 Å². The van der Waals surface area contributed by atoms with Gasteiger partial charge in [0.25, 0.3) is 0 Å². The minimum atomic E-state index is -0.117. The van der Waals surface area contributed by atoms with Gasteiger partial charge in [0.1, 0.15) is 6.23 Å². The maximum atomic E-state index is 5.66. The molecule has 0 aliphatic carbocycles. The summed E-state index contributed by atoms with van der Waals surface area (Å²) in [6.07, 6.45) is 3.87. The van der Waals surface area contributed by atoms with E-state index in [-0.39, 0.29) is 12.4 Å². The fourth-order valence-corrected chi connectivity index (χ4v) is 1.51. The Morgan fingerprint density at radius 1 is 1.33 bits per heavy atom. The van der Waals surface area contributed by atoms with Crippen LogP contribution in [0.5, 0.6) is 0 Å². The van der Waals surface area contributed by atoms with Gasteiger partial charge in [0.05, 0.1) is 12.0 Å². The predicted octanol–water partition coefficient (Wildman–Crippen LogP) is 1.72. The van der Waals surface area contributed by atoms with E-state index in [1.165, 1.54) is 0 Å². The van der Waals surface area contributed by atoms with E-state index in [1.54, 1.807) is 0 Å². The average Bonchev–Trinajstić information content (AvgIpc) is 2.76. The summed E-state index contributed by atoms with van der Waals surface area (Å²) >= 11 is 5.66. The molecule has 1 saturated heterocycles. The maximum absolute atomic E-state index is 5.66. The number of benzene rings is 1. The normalized spacial score (nSPS) is 26.2. The first-order chi connectivity index (χ1) is 7.38. The molecule has 15 heavy (non-hydrogen) atoms. The van der Waals surface area contributed by atoms with E-state index < -0.39 is 0 Å². The van der Waals surface area contributed by atoms with Crippen LogP contribution in [-0.4, -0.2) is 18.3 Å². The van der Waals surface area contributed by atoms with Gasteiger partial charge in [-0.3, -0.25) is 10.2 Å². The molecule has 2 unspecified atom stereocenters. The number of hydrogen-bond acceptors (Lipinski definition) is 3. The SMILES string of the molecule is ClCC1NOC(/C=C/c2ccccc2)N1. The molecule has 2 atom stereocenters. The van der Waals surface area contributed by atoms with Gasteiger partial charge in [-0.15, -0.1) is 11.6 Å². The molecule has 2 N–H and O–H groups in total. The van der Waals surface area contributed by atoms with Gasteiger partial charge >= 0.3 is 0 Å². The number of hydroxylamine groups is 1. The van der Waals surface area contributed by atoms with E-state index in [0.29, 0.717) is 5.88 Å². The maximum Gasteiger partial charge on any atom is 0.150 e. The van der Waals surface area contributed by atoms with Crippen molar-refractivity contribution in [2.45, 2.75) is 12.4 Å². The van der Waals surface area contributed by atoms with Gasteiger partial charge in [0, 0.05) is 0 Å². The Kier molecular flexibility index (Phi) is 3.75. The van der Waals surface area contributed by atoms with Crippen LogP contribution in [0.25, 0.3) is 6.08 Å². The largest absolute Gasteiger partial charge is 0.277 e. The van der Waals surface area contributed by atoms with Crippen molar-refractivity contribution in [1.82, 2.24) is 10.8 Å². The molecule has 0 radical (unpaired) electrons. The van der Waals surface area contributed by atoms with Crippen molar-refractivity contribution in [2.24, 2.45) is 0 Å². The van der Waals surface area contributed by atoms with Crippen molar-refractivity contribution in [3.63, 3.8) is 0 Å². The van der Waals surface area contributed by atoms with Gasteiger partial charge in [-0.1, -0.05) is 36.4 Å². The van der Waals surface area contributed by atoms with E-state index in [2.05, 4.69) is 10.8 Å². The zero-order valence-corrected chi connectivity index (χ0v) is 8.95. The molecule has 0 amide bonds.